The first kappa shape index (κ1) is 37.7. The number of aliphatic carboxylic acids is 3. The van der Waals surface area contributed by atoms with Crippen molar-refractivity contribution < 1.29 is 63.7 Å². The molecule has 0 unspecified atom stereocenters. The number of aromatic nitrogens is 2. The molecule has 4 atom stereocenters. The number of oxime groups is 1. The largest absolute Gasteiger partial charge is 0.504 e. The number of benzene rings is 1. The summed E-state index contributed by atoms with van der Waals surface area (Å²) in [6.07, 6.45) is -0.169. The Bertz CT molecular complexity index is 2050. The van der Waals surface area contributed by atoms with E-state index < -0.39 is 88.1 Å². The van der Waals surface area contributed by atoms with Gasteiger partial charge in [0.05, 0.1) is 22.7 Å². The number of Topliss-reactive ketones (excluding diaryl/α,β-unsaturated/α-hetero) is 2. The second-order valence-corrected chi connectivity index (χ2v) is 14.3. The van der Waals surface area contributed by atoms with Crippen LogP contribution in [0.1, 0.15) is 41.4 Å². The molecule has 0 spiro atoms. The number of carbonyl (C=O) groups is 6. The maximum absolute atomic E-state index is 13.5. The number of carboxylic acids is 3. The van der Waals surface area contributed by atoms with Crippen molar-refractivity contribution in [2.24, 2.45) is 11.1 Å². The number of thioether (sulfide) groups is 1. The van der Waals surface area contributed by atoms with Gasteiger partial charge in [-0.05, 0) is 24.6 Å². The zero-order valence-electron chi connectivity index (χ0n) is 26.8. The average Bonchev–Trinajstić information content (AvgIpc) is 3.52. The van der Waals surface area contributed by atoms with Crippen LogP contribution in [-0.4, -0.2) is 93.2 Å². The van der Waals surface area contributed by atoms with Gasteiger partial charge >= 0.3 is 17.9 Å². The Morgan fingerprint density at radius 2 is 1.81 bits per heavy atom. The van der Waals surface area contributed by atoms with Crippen LogP contribution in [0.2, 0.25) is 5.02 Å². The van der Waals surface area contributed by atoms with Crippen molar-refractivity contribution in [3.63, 3.8) is 0 Å². The molecule has 20 heteroatoms. The number of halogens is 1. The smallest absolute Gasteiger partial charge is 0.352 e. The predicted octanol–water partition coefficient (Wildman–Crippen LogP) is 2.07. The van der Waals surface area contributed by atoms with Crippen LogP contribution < -0.4 is 10.3 Å². The molecular weight excluding hydrogens is 746 g/mol. The number of nitrogen functional groups attached to an aromatic ring is 1. The number of phenolic OH excluding ortho intramolecular Hbond substituents is 2. The lowest BCUT2D eigenvalue weighted by molar-refractivity contribution is -0.689. The van der Waals surface area contributed by atoms with Gasteiger partial charge in [0.25, 0.3) is 0 Å². The Morgan fingerprint density at radius 1 is 1.12 bits per heavy atom. The molecule has 2 aromatic heterocycles. The number of nitrogens with two attached hydrogens (primary N) is 1. The fourth-order valence-corrected chi connectivity index (χ4v) is 7.84. The third kappa shape index (κ3) is 7.85. The second kappa shape index (κ2) is 15.4. The number of anilines is 1. The number of hydrogen-bond acceptors (Lipinski definition) is 14. The first-order chi connectivity index (χ1) is 24.6. The number of aromatic hydroxyl groups is 2. The van der Waals surface area contributed by atoms with Gasteiger partial charge in [-0.25, -0.2) is 19.1 Å². The quantitative estimate of drug-likeness (QED) is 0.0322. The van der Waals surface area contributed by atoms with Gasteiger partial charge in [0.1, 0.15) is 11.4 Å². The molecule has 2 aliphatic rings. The van der Waals surface area contributed by atoms with Gasteiger partial charge in [-0.15, -0.1) is 23.1 Å². The molecule has 2 aliphatic heterocycles. The van der Waals surface area contributed by atoms with Gasteiger partial charge in [-0.1, -0.05) is 16.8 Å². The molecule has 0 bridgehead atoms. The van der Waals surface area contributed by atoms with Gasteiger partial charge in [0, 0.05) is 46.7 Å². The minimum atomic E-state index is -1.93. The zero-order chi connectivity index (χ0) is 38.0. The lowest BCUT2D eigenvalue weighted by atomic mass is 9.88. The van der Waals surface area contributed by atoms with Gasteiger partial charge in [0.2, 0.25) is 12.0 Å². The highest BCUT2D eigenvalue weighted by molar-refractivity contribution is 8.00. The number of carbonyl (C=O) groups excluding carboxylic acids is 3. The van der Waals surface area contributed by atoms with Gasteiger partial charge in [0.15, 0.2) is 52.8 Å². The van der Waals surface area contributed by atoms with Crippen molar-refractivity contribution in [1.82, 2.24) is 9.88 Å². The Kier molecular flexibility index (Phi) is 11.2. The molecule has 0 saturated carbocycles. The van der Waals surface area contributed by atoms with Crippen LogP contribution in [-0.2, 0) is 41.8 Å². The summed E-state index contributed by atoms with van der Waals surface area (Å²) in [4.78, 5) is 84.9. The summed E-state index contributed by atoms with van der Waals surface area (Å²) in [5.41, 5.74) is 5.93. The highest BCUT2D eigenvalue weighted by atomic mass is 35.5. The molecule has 0 aliphatic carbocycles. The monoisotopic (exact) mass is 774 g/mol. The van der Waals surface area contributed by atoms with Crippen LogP contribution in [0.4, 0.5) is 5.13 Å². The molecule has 52 heavy (non-hydrogen) atoms. The summed E-state index contributed by atoms with van der Waals surface area (Å²) in [6.45, 7) is 1.84. The van der Waals surface area contributed by atoms with E-state index in [1.54, 1.807) is 36.0 Å². The third-order valence-corrected chi connectivity index (χ3v) is 10.7. The SMILES string of the molecule is C[C@@H]1S[C@@H]2[C@H](CC(=O)/C(=N\O[C@@H](CC(=O)O)C(=O)O)c3csc(N)n3)C(=O)N2C(C(=O)O)=C1C[n+]1ccc(CC(=O)c2ccc(O)c(O)c2Cl)cc1. The summed E-state index contributed by atoms with van der Waals surface area (Å²) in [5.74, 6) is -8.37. The summed E-state index contributed by atoms with van der Waals surface area (Å²) >= 11 is 8.23. The molecule has 1 amide bonds. The Hall–Kier alpha value is -5.53. The van der Waals surface area contributed by atoms with Crippen molar-refractivity contribution in [2.75, 3.05) is 5.73 Å². The molecule has 17 nitrogen and oxygen atoms in total. The third-order valence-electron chi connectivity index (χ3n) is 8.15. The van der Waals surface area contributed by atoms with Crippen LogP contribution in [0, 0.1) is 5.92 Å². The van der Waals surface area contributed by atoms with E-state index >= 15 is 0 Å². The standard InChI is InChI=1S/C32H28ClN5O12S2/c1-13-17(11-37-6-4-14(5-7-37)8-20(40)15-2-3-19(39)27(44)24(15)33)26(31(48)49)38-28(45)16(29(38)52-13)9-21(41)25(18-12-51-32(34)35-18)36-50-22(30(46)47)10-23(42)43/h2-7,12-13,16,22,29H,8-11H2,1H3,(H6-,34,35,36,39,40,41,42,43,44,46,47,48,49)/p+1/t13-,16+,22-,29+/m0/s1. The first-order valence-corrected chi connectivity index (χ1v) is 17.4. The van der Waals surface area contributed by atoms with Crippen molar-refractivity contribution >= 4 is 80.9 Å². The van der Waals surface area contributed by atoms with Crippen molar-refractivity contribution in [3.8, 4) is 11.5 Å². The first-order valence-electron chi connectivity index (χ1n) is 15.2. The van der Waals surface area contributed by atoms with E-state index in [4.69, 9.17) is 27.3 Å². The van der Waals surface area contributed by atoms with Crippen LogP contribution in [0.3, 0.4) is 0 Å². The number of phenols is 2. The molecule has 272 valence electrons. The highest BCUT2D eigenvalue weighted by Gasteiger charge is 2.56. The Morgan fingerprint density at radius 3 is 2.40 bits per heavy atom. The number of hydrogen-bond donors (Lipinski definition) is 6. The number of ketones is 2. The van der Waals surface area contributed by atoms with Gasteiger partial charge in [-0.3, -0.25) is 24.1 Å². The minimum absolute atomic E-state index is 0.0269. The number of rotatable bonds is 15. The van der Waals surface area contributed by atoms with Gasteiger partial charge < -0.3 is 36.1 Å². The number of pyridine rings is 1. The lowest BCUT2D eigenvalue weighted by Crippen LogP contribution is -2.63. The molecule has 5 rings (SSSR count). The molecule has 3 aromatic rings. The highest BCUT2D eigenvalue weighted by Crippen LogP contribution is 2.48. The Labute approximate surface area is 306 Å². The van der Waals surface area contributed by atoms with E-state index in [1.165, 1.54) is 23.2 Å². The fraction of sp³-hybridized carbons (Fsp3) is 0.281. The Balaban J connectivity index is 1.32. The number of amides is 1. The molecule has 0 radical (unpaired) electrons. The summed E-state index contributed by atoms with van der Waals surface area (Å²) in [7, 11) is 0. The van der Waals surface area contributed by atoms with E-state index in [-0.39, 0.29) is 40.1 Å². The number of fused-ring (bicyclic) bond motifs is 1. The fourth-order valence-electron chi connectivity index (χ4n) is 5.52. The van der Waals surface area contributed by atoms with E-state index in [0.717, 1.165) is 22.3 Å². The van der Waals surface area contributed by atoms with Crippen molar-refractivity contribution in [2.45, 2.75) is 49.5 Å². The van der Waals surface area contributed by atoms with E-state index in [1.807, 2.05) is 0 Å². The number of carboxylic acid groups (broad SMARTS) is 3. The maximum Gasteiger partial charge on any atom is 0.352 e. The van der Waals surface area contributed by atoms with Crippen LogP contribution in [0.15, 0.2) is 58.5 Å². The number of thiazole rings is 1. The number of β-lactam (4-membered cyclic amide) rings is 1. The molecule has 1 aromatic carbocycles. The normalized spacial score (nSPS) is 19.0. The average molecular weight is 775 g/mol. The summed E-state index contributed by atoms with van der Waals surface area (Å²) in [5, 5.41) is 51.5. The number of nitrogens with zero attached hydrogens (tertiary/aromatic N) is 4. The molecule has 7 N–H and O–H groups in total. The topological polar surface area (TPSA) is 271 Å². The lowest BCUT2D eigenvalue weighted by Gasteiger charge is -2.50. The van der Waals surface area contributed by atoms with E-state index in [9.17, 15) is 49.2 Å². The predicted molar refractivity (Wildman–Crippen MR) is 183 cm³/mol. The summed E-state index contributed by atoms with van der Waals surface area (Å²) in [6, 6.07) is 5.75. The minimum Gasteiger partial charge on any atom is -0.504 e. The zero-order valence-corrected chi connectivity index (χ0v) is 29.2. The molecule has 1 fully saturated rings. The van der Waals surface area contributed by atoms with Crippen LogP contribution in [0.25, 0.3) is 0 Å². The van der Waals surface area contributed by atoms with E-state index in [0.29, 0.717) is 11.1 Å². The van der Waals surface area contributed by atoms with Crippen molar-refractivity contribution in [1.29, 1.82) is 0 Å². The second-order valence-electron chi connectivity index (χ2n) is 11.6. The molecule has 1 saturated heterocycles. The van der Waals surface area contributed by atoms with Crippen molar-refractivity contribution in [3.05, 3.63) is 75.2 Å². The van der Waals surface area contributed by atoms with Crippen LogP contribution in [0.5, 0.6) is 11.5 Å². The molecule has 4 heterocycles. The maximum atomic E-state index is 13.5. The summed E-state index contributed by atoms with van der Waals surface area (Å²) < 4.78 is 1.67. The van der Waals surface area contributed by atoms with E-state index in [2.05, 4.69) is 10.1 Å². The van der Waals surface area contributed by atoms with Gasteiger partial charge in [-0.2, -0.15) is 0 Å². The van der Waals surface area contributed by atoms with Crippen LogP contribution >= 0.6 is 34.7 Å². The molecular formula is C32H29ClN5O12S2+.